The number of nitrogens with one attached hydrogen (secondary N) is 1. The predicted octanol–water partition coefficient (Wildman–Crippen LogP) is 1.20. The number of ether oxygens (including phenoxy) is 3. The molecule has 2 atom stereocenters. The quantitative estimate of drug-likeness (QED) is 0.761. The molecule has 0 spiro atoms. The lowest BCUT2D eigenvalue weighted by Gasteiger charge is -2.22. The molecule has 0 bridgehead atoms. The summed E-state index contributed by atoms with van der Waals surface area (Å²) in [6.45, 7) is 4.39. The van der Waals surface area contributed by atoms with Crippen LogP contribution in [-0.4, -0.2) is 52.2 Å². The Morgan fingerprint density at radius 2 is 1.82 bits per heavy atom. The standard InChI is InChI=1S/C13H25NO3/c1-14-8-12-2-3-13(17-12)10-16-9-11-4-6-15-7-5-11/h11-14H,2-10H2,1H3. The third kappa shape index (κ3) is 4.54. The van der Waals surface area contributed by atoms with Crippen LogP contribution < -0.4 is 5.32 Å². The summed E-state index contributed by atoms with van der Waals surface area (Å²) >= 11 is 0. The second kappa shape index (κ2) is 7.31. The molecule has 2 rings (SSSR count). The summed E-state index contributed by atoms with van der Waals surface area (Å²) in [7, 11) is 1.97. The predicted molar refractivity (Wildman–Crippen MR) is 66.2 cm³/mol. The van der Waals surface area contributed by atoms with Crippen molar-refractivity contribution in [3.8, 4) is 0 Å². The molecule has 0 aromatic heterocycles. The van der Waals surface area contributed by atoms with Crippen LogP contribution >= 0.6 is 0 Å². The van der Waals surface area contributed by atoms with Gasteiger partial charge in [-0.05, 0) is 38.6 Å². The molecule has 4 nitrogen and oxygen atoms in total. The smallest absolute Gasteiger partial charge is 0.0813 e. The Morgan fingerprint density at radius 3 is 2.59 bits per heavy atom. The first kappa shape index (κ1) is 13.3. The van der Waals surface area contributed by atoms with Crippen LogP contribution in [0.2, 0.25) is 0 Å². The van der Waals surface area contributed by atoms with Crippen molar-refractivity contribution in [2.75, 3.05) is 40.0 Å². The van der Waals surface area contributed by atoms with E-state index < -0.39 is 0 Å². The second-order valence-corrected chi connectivity index (χ2v) is 5.11. The zero-order valence-electron chi connectivity index (χ0n) is 10.8. The van der Waals surface area contributed by atoms with Crippen molar-refractivity contribution in [3.63, 3.8) is 0 Å². The molecule has 2 fully saturated rings. The van der Waals surface area contributed by atoms with Gasteiger partial charge in [0.05, 0.1) is 18.8 Å². The number of rotatable bonds is 6. The molecule has 0 saturated carbocycles. The minimum absolute atomic E-state index is 0.313. The van der Waals surface area contributed by atoms with Gasteiger partial charge >= 0.3 is 0 Å². The first-order valence-electron chi connectivity index (χ1n) is 6.84. The molecule has 2 heterocycles. The third-order valence-corrected chi connectivity index (χ3v) is 3.63. The van der Waals surface area contributed by atoms with E-state index >= 15 is 0 Å². The zero-order chi connectivity index (χ0) is 11.9. The zero-order valence-corrected chi connectivity index (χ0v) is 10.8. The Morgan fingerprint density at radius 1 is 1.06 bits per heavy atom. The molecule has 0 aromatic rings. The molecular formula is C13H25NO3. The van der Waals surface area contributed by atoms with Crippen LogP contribution in [0.1, 0.15) is 25.7 Å². The van der Waals surface area contributed by atoms with Gasteiger partial charge in [0.1, 0.15) is 0 Å². The molecular weight excluding hydrogens is 218 g/mol. The number of likely N-dealkylation sites (N-methyl/N-ethyl adjacent to an activating group) is 1. The normalized spacial score (nSPS) is 30.9. The molecule has 2 saturated heterocycles. The topological polar surface area (TPSA) is 39.7 Å². The van der Waals surface area contributed by atoms with Crippen molar-refractivity contribution in [3.05, 3.63) is 0 Å². The summed E-state index contributed by atoms with van der Waals surface area (Å²) in [4.78, 5) is 0. The fraction of sp³-hybridized carbons (Fsp3) is 1.00. The van der Waals surface area contributed by atoms with Gasteiger partial charge in [0.15, 0.2) is 0 Å². The molecule has 0 amide bonds. The first-order chi connectivity index (χ1) is 8.38. The van der Waals surface area contributed by atoms with Crippen LogP contribution in [0.4, 0.5) is 0 Å². The lowest BCUT2D eigenvalue weighted by molar-refractivity contribution is -0.0343. The van der Waals surface area contributed by atoms with Gasteiger partial charge < -0.3 is 19.5 Å². The van der Waals surface area contributed by atoms with E-state index in [1.807, 2.05) is 7.05 Å². The van der Waals surface area contributed by atoms with Gasteiger partial charge in [0.25, 0.3) is 0 Å². The van der Waals surface area contributed by atoms with Crippen LogP contribution in [0.3, 0.4) is 0 Å². The largest absolute Gasteiger partial charge is 0.381 e. The Bertz CT molecular complexity index is 207. The van der Waals surface area contributed by atoms with Gasteiger partial charge in [-0.25, -0.2) is 0 Å². The van der Waals surface area contributed by atoms with Crippen molar-refractivity contribution in [2.45, 2.75) is 37.9 Å². The van der Waals surface area contributed by atoms with E-state index in [1.165, 1.54) is 0 Å². The maximum absolute atomic E-state index is 5.88. The first-order valence-corrected chi connectivity index (χ1v) is 6.84. The molecule has 1 N–H and O–H groups in total. The number of hydrogen-bond donors (Lipinski definition) is 1. The highest BCUT2D eigenvalue weighted by molar-refractivity contribution is 4.74. The highest BCUT2D eigenvalue weighted by atomic mass is 16.5. The molecule has 0 radical (unpaired) electrons. The monoisotopic (exact) mass is 243 g/mol. The lowest BCUT2D eigenvalue weighted by atomic mass is 10.0. The molecule has 100 valence electrons. The van der Waals surface area contributed by atoms with E-state index in [1.54, 1.807) is 0 Å². The Balaban J connectivity index is 1.53. The van der Waals surface area contributed by atoms with Gasteiger partial charge in [-0.2, -0.15) is 0 Å². The van der Waals surface area contributed by atoms with Gasteiger partial charge in [0, 0.05) is 26.4 Å². The highest BCUT2D eigenvalue weighted by Gasteiger charge is 2.25. The summed E-state index contributed by atoms with van der Waals surface area (Å²) in [5, 5.41) is 3.16. The number of hydrogen-bond acceptors (Lipinski definition) is 4. The van der Waals surface area contributed by atoms with E-state index in [0.29, 0.717) is 18.1 Å². The summed E-state index contributed by atoms with van der Waals surface area (Å²) in [6.07, 6.45) is 5.29. The van der Waals surface area contributed by atoms with Gasteiger partial charge in [0.2, 0.25) is 0 Å². The third-order valence-electron chi connectivity index (χ3n) is 3.63. The van der Waals surface area contributed by atoms with Crippen LogP contribution in [0.15, 0.2) is 0 Å². The van der Waals surface area contributed by atoms with Crippen molar-refractivity contribution in [1.29, 1.82) is 0 Å². The van der Waals surface area contributed by atoms with E-state index in [9.17, 15) is 0 Å². The summed E-state index contributed by atoms with van der Waals surface area (Å²) in [5.74, 6) is 0.693. The molecule has 2 aliphatic rings. The Labute approximate surface area is 104 Å². The van der Waals surface area contributed by atoms with E-state index in [4.69, 9.17) is 14.2 Å². The second-order valence-electron chi connectivity index (χ2n) is 5.11. The fourth-order valence-corrected chi connectivity index (χ4v) is 2.56. The van der Waals surface area contributed by atoms with Gasteiger partial charge in [-0.3, -0.25) is 0 Å². The van der Waals surface area contributed by atoms with Crippen LogP contribution in [0.5, 0.6) is 0 Å². The van der Waals surface area contributed by atoms with Crippen LogP contribution in [0.25, 0.3) is 0 Å². The van der Waals surface area contributed by atoms with Crippen LogP contribution in [0, 0.1) is 5.92 Å². The van der Waals surface area contributed by atoms with Crippen molar-refractivity contribution in [2.24, 2.45) is 5.92 Å². The summed E-state index contributed by atoms with van der Waals surface area (Å²) in [6, 6.07) is 0. The average Bonchev–Trinajstić information content (AvgIpc) is 2.79. The maximum atomic E-state index is 5.88. The fourth-order valence-electron chi connectivity index (χ4n) is 2.56. The van der Waals surface area contributed by atoms with Crippen LogP contribution in [-0.2, 0) is 14.2 Å². The van der Waals surface area contributed by atoms with E-state index in [2.05, 4.69) is 5.32 Å². The Kier molecular flexibility index (Phi) is 5.71. The van der Waals surface area contributed by atoms with Crippen molar-refractivity contribution in [1.82, 2.24) is 5.32 Å². The molecule has 2 aliphatic heterocycles. The van der Waals surface area contributed by atoms with E-state index in [-0.39, 0.29) is 0 Å². The SMILES string of the molecule is CNCC1CCC(COCC2CCOCC2)O1. The van der Waals surface area contributed by atoms with Crippen molar-refractivity contribution >= 4 is 0 Å². The van der Waals surface area contributed by atoms with Gasteiger partial charge in [-0.15, -0.1) is 0 Å². The minimum atomic E-state index is 0.313. The average molecular weight is 243 g/mol. The van der Waals surface area contributed by atoms with E-state index in [0.717, 1.165) is 58.7 Å². The summed E-state index contributed by atoms with van der Waals surface area (Å²) in [5.41, 5.74) is 0. The van der Waals surface area contributed by atoms with Gasteiger partial charge in [-0.1, -0.05) is 0 Å². The molecule has 0 aliphatic carbocycles. The molecule has 4 heteroatoms. The Hall–Kier alpha value is -0.160. The lowest BCUT2D eigenvalue weighted by Crippen LogP contribution is -2.26. The molecule has 17 heavy (non-hydrogen) atoms. The van der Waals surface area contributed by atoms with Crippen molar-refractivity contribution < 1.29 is 14.2 Å². The maximum Gasteiger partial charge on any atom is 0.0813 e. The molecule has 2 unspecified atom stereocenters. The molecule has 0 aromatic carbocycles. The highest BCUT2D eigenvalue weighted by Crippen LogP contribution is 2.20. The minimum Gasteiger partial charge on any atom is -0.381 e. The summed E-state index contributed by atoms with van der Waals surface area (Å²) < 4.78 is 17.0.